The minimum Gasteiger partial charge on any atom is -0.501 e. The fourth-order valence-corrected chi connectivity index (χ4v) is 1.76. The molecule has 0 radical (unpaired) electrons. The van der Waals surface area contributed by atoms with E-state index in [1.165, 1.54) is 0 Å². The molecule has 0 amide bonds. The van der Waals surface area contributed by atoms with Gasteiger partial charge in [0, 0.05) is 0 Å². The van der Waals surface area contributed by atoms with Crippen LogP contribution in [-0.4, -0.2) is 21.5 Å². The lowest BCUT2D eigenvalue weighted by Gasteiger charge is -2.36. The Morgan fingerprint density at radius 2 is 1.88 bits per heavy atom. The number of ether oxygens (including phenoxy) is 1. The Bertz CT molecular complexity index is 249. The summed E-state index contributed by atoms with van der Waals surface area (Å²) in [5.74, 6) is 0. The normalized spacial score (nSPS) is 13.1. The van der Waals surface area contributed by atoms with Crippen molar-refractivity contribution in [1.82, 2.24) is 0 Å². The van der Waals surface area contributed by atoms with E-state index in [0.29, 0.717) is 13.2 Å². The molecule has 3 heteroatoms. The SMILES string of the molecule is C=C(/C=C/OCC)CO[Si](C)(C)C(C)(C)C. The lowest BCUT2D eigenvalue weighted by Crippen LogP contribution is -2.41. The molecule has 0 aliphatic carbocycles. The van der Waals surface area contributed by atoms with Crippen molar-refractivity contribution in [2.45, 2.75) is 45.8 Å². The van der Waals surface area contributed by atoms with Gasteiger partial charge < -0.3 is 9.16 Å². The summed E-state index contributed by atoms with van der Waals surface area (Å²) in [7, 11) is -1.65. The van der Waals surface area contributed by atoms with Crippen LogP contribution in [-0.2, 0) is 9.16 Å². The van der Waals surface area contributed by atoms with Gasteiger partial charge in [0.1, 0.15) is 0 Å². The third-order valence-electron chi connectivity index (χ3n) is 2.99. The van der Waals surface area contributed by atoms with Gasteiger partial charge in [-0.3, -0.25) is 0 Å². The minimum absolute atomic E-state index is 0.247. The van der Waals surface area contributed by atoms with Crippen LogP contribution in [0.1, 0.15) is 27.7 Å². The Hall–Kier alpha value is -0.543. The maximum Gasteiger partial charge on any atom is 0.192 e. The van der Waals surface area contributed by atoms with E-state index in [4.69, 9.17) is 9.16 Å². The third kappa shape index (κ3) is 5.52. The fourth-order valence-electron chi connectivity index (χ4n) is 0.778. The Morgan fingerprint density at radius 1 is 1.31 bits per heavy atom. The average molecular weight is 242 g/mol. The van der Waals surface area contributed by atoms with E-state index < -0.39 is 8.32 Å². The summed E-state index contributed by atoms with van der Waals surface area (Å²) in [5, 5.41) is 0.247. The number of hydrogen-bond acceptors (Lipinski definition) is 2. The Balaban J connectivity index is 4.10. The van der Waals surface area contributed by atoms with Crippen LogP contribution in [0.2, 0.25) is 18.1 Å². The molecule has 0 bridgehead atoms. The van der Waals surface area contributed by atoms with Gasteiger partial charge in [0.25, 0.3) is 0 Å². The summed E-state index contributed by atoms with van der Waals surface area (Å²) >= 11 is 0. The van der Waals surface area contributed by atoms with Gasteiger partial charge in [0.15, 0.2) is 8.32 Å². The molecule has 0 aliphatic rings. The van der Waals surface area contributed by atoms with E-state index in [1.807, 2.05) is 13.0 Å². The number of rotatable bonds is 6. The van der Waals surface area contributed by atoms with Crippen molar-refractivity contribution in [3.8, 4) is 0 Å². The third-order valence-corrected chi connectivity index (χ3v) is 7.47. The molecule has 0 aromatic carbocycles. The summed E-state index contributed by atoms with van der Waals surface area (Å²) in [6, 6.07) is 0. The van der Waals surface area contributed by atoms with E-state index >= 15 is 0 Å². The zero-order valence-electron chi connectivity index (χ0n) is 11.6. The first-order chi connectivity index (χ1) is 7.20. The first-order valence-corrected chi connectivity index (χ1v) is 8.71. The smallest absolute Gasteiger partial charge is 0.192 e. The molecule has 0 aliphatic heterocycles. The van der Waals surface area contributed by atoms with Crippen molar-refractivity contribution in [3.05, 3.63) is 24.5 Å². The lowest BCUT2D eigenvalue weighted by atomic mass is 10.2. The molecule has 0 unspecified atom stereocenters. The predicted octanol–water partition coefficient (Wildman–Crippen LogP) is 4.11. The molecule has 0 atom stereocenters. The predicted molar refractivity (Wildman–Crippen MR) is 73.1 cm³/mol. The minimum atomic E-state index is -1.65. The van der Waals surface area contributed by atoms with E-state index in [0.717, 1.165) is 5.57 Å². The second-order valence-electron chi connectivity index (χ2n) is 5.47. The molecule has 0 spiro atoms. The van der Waals surface area contributed by atoms with Gasteiger partial charge in [0.05, 0.1) is 19.5 Å². The quantitative estimate of drug-likeness (QED) is 0.396. The van der Waals surface area contributed by atoms with Crippen LogP contribution in [0.3, 0.4) is 0 Å². The van der Waals surface area contributed by atoms with Crippen LogP contribution in [0.4, 0.5) is 0 Å². The molecule has 0 rings (SSSR count). The van der Waals surface area contributed by atoms with E-state index in [2.05, 4.69) is 40.4 Å². The Morgan fingerprint density at radius 3 is 2.31 bits per heavy atom. The van der Waals surface area contributed by atoms with Crippen molar-refractivity contribution >= 4 is 8.32 Å². The molecule has 16 heavy (non-hydrogen) atoms. The highest BCUT2D eigenvalue weighted by molar-refractivity contribution is 6.74. The van der Waals surface area contributed by atoms with E-state index in [-0.39, 0.29) is 5.04 Å². The molecule has 94 valence electrons. The monoisotopic (exact) mass is 242 g/mol. The van der Waals surface area contributed by atoms with Crippen LogP contribution >= 0.6 is 0 Å². The van der Waals surface area contributed by atoms with Crippen molar-refractivity contribution < 1.29 is 9.16 Å². The maximum atomic E-state index is 6.02. The second kappa shape index (κ2) is 6.26. The average Bonchev–Trinajstić information content (AvgIpc) is 2.13. The van der Waals surface area contributed by atoms with E-state index in [1.54, 1.807) is 6.26 Å². The zero-order chi connectivity index (χ0) is 12.8. The highest BCUT2D eigenvalue weighted by Gasteiger charge is 2.36. The molecule has 2 nitrogen and oxygen atoms in total. The molecule has 0 aromatic heterocycles. The van der Waals surface area contributed by atoms with Gasteiger partial charge in [-0.05, 0) is 36.7 Å². The van der Waals surface area contributed by atoms with Crippen LogP contribution in [0, 0.1) is 0 Å². The van der Waals surface area contributed by atoms with Gasteiger partial charge in [-0.15, -0.1) is 0 Å². The zero-order valence-corrected chi connectivity index (χ0v) is 12.6. The molecular weight excluding hydrogens is 216 g/mol. The molecule has 0 aromatic rings. The fraction of sp³-hybridized carbons (Fsp3) is 0.692. The molecule has 0 N–H and O–H groups in total. The van der Waals surface area contributed by atoms with Gasteiger partial charge in [-0.25, -0.2) is 0 Å². The molecule has 0 saturated carbocycles. The van der Waals surface area contributed by atoms with Gasteiger partial charge in [0.2, 0.25) is 0 Å². The lowest BCUT2D eigenvalue weighted by molar-refractivity contribution is 0.268. The van der Waals surface area contributed by atoms with Crippen molar-refractivity contribution in [2.24, 2.45) is 0 Å². The standard InChI is InChI=1S/C13H26O2Si/c1-8-14-10-9-12(2)11-15-16(6,7)13(3,4)5/h9-10H,2,8,11H2,1,3-7H3/b10-9+. The summed E-state index contributed by atoms with van der Waals surface area (Å²) in [6.45, 7) is 18.4. The highest BCUT2D eigenvalue weighted by Crippen LogP contribution is 2.36. The van der Waals surface area contributed by atoms with Gasteiger partial charge in [-0.1, -0.05) is 27.4 Å². The van der Waals surface area contributed by atoms with Gasteiger partial charge in [-0.2, -0.15) is 0 Å². The van der Waals surface area contributed by atoms with Crippen molar-refractivity contribution in [1.29, 1.82) is 0 Å². The van der Waals surface area contributed by atoms with Gasteiger partial charge >= 0.3 is 0 Å². The molecule has 0 fully saturated rings. The van der Waals surface area contributed by atoms with Crippen molar-refractivity contribution in [3.63, 3.8) is 0 Å². The van der Waals surface area contributed by atoms with E-state index in [9.17, 15) is 0 Å². The van der Waals surface area contributed by atoms with Crippen LogP contribution < -0.4 is 0 Å². The summed E-state index contributed by atoms with van der Waals surface area (Å²) in [4.78, 5) is 0. The topological polar surface area (TPSA) is 18.5 Å². The molecule has 0 saturated heterocycles. The molecular formula is C13H26O2Si. The highest BCUT2D eigenvalue weighted by atomic mass is 28.4. The summed E-state index contributed by atoms with van der Waals surface area (Å²) in [6.07, 6.45) is 3.55. The van der Waals surface area contributed by atoms with Crippen LogP contribution in [0.25, 0.3) is 0 Å². The first-order valence-electron chi connectivity index (χ1n) is 5.80. The van der Waals surface area contributed by atoms with Crippen LogP contribution in [0.5, 0.6) is 0 Å². The molecule has 0 heterocycles. The summed E-state index contributed by atoms with van der Waals surface area (Å²) in [5.41, 5.74) is 0.957. The summed E-state index contributed by atoms with van der Waals surface area (Å²) < 4.78 is 11.1. The maximum absolute atomic E-state index is 6.02. The Labute approximate surface area is 101 Å². The van der Waals surface area contributed by atoms with Crippen LogP contribution in [0.15, 0.2) is 24.5 Å². The Kier molecular flexibility index (Phi) is 6.04. The largest absolute Gasteiger partial charge is 0.501 e. The second-order valence-corrected chi connectivity index (χ2v) is 10.3. The number of hydrogen-bond donors (Lipinski definition) is 0. The first kappa shape index (κ1) is 15.5. The van der Waals surface area contributed by atoms with Crippen molar-refractivity contribution in [2.75, 3.05) is 13.2 Å².